The van der Waals surface area contributed by atoms with E-state index in [1.165, 1.54) is 128 Å². The van der Waals surface area contributed by atoms with Crippen molar-refractivity contribution in [2.45, 2.75) is 89.2 Å². The number of halogens is 4. The van der Waals surface area contributed by atoms with Crippen molar-refractivity contribution in [3.05, 3.63) is 228 Å². The number of hydrogen-bond donors (Lipinski definition) is 4. The zero-order chi connectivity index (χ0) is 85.7. The molecule has 0 bridgehead atoms. The lowest BCUT2D eigenvalue weighted by Crippen LogP contribution is -2.10. The molecule has 31 nitrogen and oxygen atoms in total. The van der Waals surface area contributed by atoms with Crippen molar-refractivity contribution < 1.29 is 137 Å². The predicted molar refractivity (Wildman–Crippen MR) is 430 cm³/mol. The summed E-state index contributed by atoms with van der Waals surface area (Å²) in [6.45, 7) is 13.1. The van der Waals surface area contributed by atoms with E-state index in [1.807, 2.05) is 18.2 Å². The van der Waals surface area contributed by atoms with Crippen LogP contribution in [0.3, 0.4) is 0 Å². The van der Waals surface area contributed by atoms with Gasteiger partial charge in [-0.05, 0) is 136 Å². The van der Waals surface area contributed by atoms with Gasteiger partial charge in [0, 0.05) is 90.4 Å². The molecule has 0 spiro atoms. The molecule has 0 saturated carbocycles. The van der Waals surface area contributed by atoms with Gasteiger partial charge in [0.25, 0.3) is 59.6 Å². The third-order valence-electron chi connectivity index (χ3n) is 12.3. The fourth-order valence-electron chi connectivity index (χ4n) is 7.01. The lowest BCUT2D eigenvalue weighted by atomic mass is 10.2. The Hall–Kier alpha value is -6.84. The van der Waals surface area contributed by atoms with E-state index in [1.54, 1.807) is 62.4 Å². The van der Waals surface area contributed by atoms with Gasteiger partial charge in [-0.3, -0.25) is 54.4 Å². The molecule has 0 aromatic heterocycles. The summed E-state index contributed by atoms with van der Waals surface area (Å²) >= 11 is 0. The van der Waals surface area contributed by atoms with Gasteiger partial charge in [0.05, 0.1) is 69.0 Å². The molecule has 0 amide bonds. The van der Waals surface area contributed by atoms with Crippen LogP contribution >= 0.6 is 50.3 Å². The van der Waals surface area contributed by atoms with Crippen LogP contribution < -0.4 is 0 Å². The molecule has 0 saturated heterocycles. The molecule has 7 rings (SSSR count). The van der Waals surface area contributed by atoms with E-state index in [-0.39, 0.29) is 89.3 Å². The van der Waals surface area contributed by atoms with Gasteiger partial charge < -0.3 is 19.3 Å². The number of rotatable bonds is 34. The van der Waals surface area contributed by atoms with Gasteiger partial charge in [0.1, 0.15) is 31.4 Å². The van der Waals surface area contributed by atoms with Gasteiger partial charge in [-0.2, -0.15) is 50.5 Å². The Morgan fingerprint density at radius 1 is 0.381 bits per heavy atom. The van der Waals surface area contributed by atoms with Crippen LogP contribution in [0, 0.1) is 0 Å². The van der Waals surface area contributed by atoms with Crippen molar-refractivity contribution in [2.75, 3.05) is 59.5 Å². The molecule has 628 valence electrons. The van der Waals surface area contributed by atoms with Gasteiger partial charge in [-0.25, -0.2) is 12.6 Å². The molecule has 0 fully saturated rings. The Labute approximate surface area is 680 Å². The first-order valence-electron chi connectivity index (χ1n) is 31.5. The van der Waals surface area contributed by atoms with Crippen LogP contribution in [0.15, 0.2) is 218 Å². The molecule has 7 aromatic rings. The average Bonchev–Trinajstić information content (AvgIpc) is 0.857. The highest BCUT2D eigenvalue weighted by atomic mass is 36.0. The summed E-state index contributed by atoms with van der Waals surface area (Å²) < 4.78 is 222. The lowest BCUT2D eigenvalue weighted by molar-refractivity contribution is 0.111. The van der Waals surface area contributed by atoms with E-state index in [9.17, 15) is 79.0 Å². The lowest BCUT2D eigenvalue weighted by Gasteiger charge is -2.10. The highest BCUT2D eigenvalue weighted by Gasteiger charge is 2.20. The largest absolute Gasteiger partial charge is 0.396 e. The molecule has 7 aromatic carbocycles. The van der Waals surface area contributed by atoms with Crippen LogP contribution in [0.5, 0.6) is 0 Å². The number of hydrogen-bond acceptors (Lipinski definition) is 29. The third kappa shape index (κ3) is 53.8. The summed E-state index contributed by atoms with van der Waals surface area (Å²) in [5.74, 6) is 0. The van der Waals surface area contributed by atoms with Crippen LogP contribution in [0.25, 0.3) is 12.2 Å². The first-order valence-corrected chi connectivity index (χ1v) is 47.9. The quantitative estimate of drug-likeness (QED) is 0.00726. The van der Waals surface area contributed by atoms with Crippen molar-refractivity contribution >= 4 is 172 Å². The molecule has 113 heavy (non-hydrogen) atoms. The minimum atomic E-state index is -4.19. The zero-order valence-electron chi connectivity index (χ0n) is 59.6. The second-order valence-electron chi connectivity index (χ2n) is 20.6. The van der Waals surface area contributed by atoms with Crippen molar-refractivity contribution in [1.82, 2.24) is 0 Å². The first-order chi connectivity index (χ1) is 52.3. The molecule has 0 atom stereocenters. The highest BCUT2D eigenvalue weighted by Crippen LogP contribution is 2.43. The molecule has 0 heterocycles. The maximum atomic E-state index is 12.1. The van der Waals surface area contributed by atoms with Gasteiger partial charge in [-0.1, -0.05) is 136 Å². The summed E-state index contributed by atoms with van der Waals surface area (Å²) in [5, 5.41) is 16.2. The number of benzene rings is 7. The van der Waals surface area contributed by atoms with E-state index >= 15 is 0 Å². The minimum Gasteiger partial charge on any atom is -0.396 e. The van der Waals surface area contributed by atoms with E-state index in [0.29, 0.717) is 73.5 Å². The maximum absolute atomic E-state index is 12.1. The van der Waals surface area contributed by atoms with Gasteiger partial charge in [-0.15, -0.1) is 0 Å². The predicted octanol–water partition coefficient (Wildman–Crippen LogP) is 13.1. The van der Waals surface area contributed by atoms with Crippen molar-refractivity contribution in [3.63, 3.8) is 0 Å². The van der Waals surface area contributed by atoms with E-state index < -0.39 is 85.8 Å². The van der Waals surface area contributed by atoms with E-state index in [2.05, 4.69) is 45.2 Å². The molecule has 0 aliphatic heterocycles. The zero-order valence-corrected chi connectivity index (χ0v) is 70.1. The molecule has 44 heteroatoms. The Kier molecular flexibility index (Phi) is 57.5. The molecular weight excluding hydrogens is 1750 g/mol. The van der Waals surface area contributed by atoms with Crippen LogP contribution in [-0.2, 0) is 109 Å². The second-order valence-corrected chi connectivity index (χ2v) is 37.6. The fraction of sp³-hybridized carbons (Fsp3) is 0.261. The summed E-state index contributed by atoms with van der Waals surface area (Å²) in [6.07, 6.45) is 9.08. The summed E-state index contributed by atoms with van der Waals surface area (Å²) in [7, 11) is -13.9. The fourth-order valence-corrected chi connectivity index (χ4v) is 13.0. The number of aldehydes is 5. The maximum Gasteiger partial charge on any atom is 0.353 e. The number of unbranched alkanes of at least 4 members (excludes halogenated alkanes) is 3. The second kappa shape index (κ2) is 58.9. The minimum absolute atomic E-state index is 0. The van der Waals surface area contributed by atoms with Crippen molar-refractivity contribution in [3.8, 4) is 0 Å². The number of aliphatic hydroxyl groups is 2. The van der Waals surface area contributed by atoms with Crippen LogP contribution in [-0.4, -0.2) is 173 Å². The van der Waals surface area contributed by atoms with Crippen molar-refractivity contribution in [2.24, 2.45) is 0 Å². The Morgan fingerprint density at radius 2 is 0.584 bits per heavy atom. The van der Waals surface area contributed by atoms with Crippen LogP contribution in [0.4, 0.5) is 0 Å². The van der Waals surface area contributed by atoms with Crippen LogP contribution in [0.1, 0.15) is 123 Å². The number of aliphatic hydroxyl groups excluding tert-OH is 2. The van der Waals surface area contributed by atoms with Crippen molar-refractivity contribution in [1.29, 1.82) is 0 Å². The summed E-state index contributed by atoms with van der Waals surface area (Å²) in [4.78, 5) is 51.3. The topological polar surface area (TPSA) is 495 Å². The van der Waals surface area contributed by atoms with Crippen LogP contribution in [0.2, 0.25) is 0 Å². The molecule has 0 radical (unpaired) electrons. The molecular formula is C69H85Cl4O31PS8. The van der Waals surface area contributed by atoms with Gasteiger partial charge in [0.15, 0.2) is 0 Å². The Balaban J connectivity index is -0.00000130. The molecule has 0 unspecified atom stereocenters. The molecule has 0 aliphatic carbocycles. The normalized spacial score (nSPS) is 11.1. The first kappa shape index (κ1) is 110. The summed E-state index contributed by atoms with van der Waals surface area (Å²) in [5.41, 5.74) is 3.80. The molecule has 0 aliphatic rings. The SMILES string of the molecule is C.C=Cc1ccc(S(=O)(=O)OCCCCOS(=O)(=O)c2ccc(C=C)cc2)cc1.CCOP(C)(=O)OCC.O=Cc1ccc(S(=O)(=O)Cl)cc1.O=Cc1ccc(S(=O)(=O)O)cc1.O=Cc1ccc(S(=O)(=O)OCCCCOS(=O)(=O)c2ccc(C=O)cc2)cc1.O=Cc1ccccc1.O=S(=O)(O)Cl.O=S(Cl)Cl.OCCCCO. The Bertz CT molecular complexity index is 4440. The highest BCUT2D eigenvalue weighted by molar-refractivity contribution is 8.26. The van der Waals surface area contributed by atoms with Gasteiger partial charge in [0.2, 0.25) is 9.23 Å². The standard InChI is InChI=1S/C20H22O6S2.C18H18O8S2.C7H5ClO3S.C7H6O4S.C7H6O.C5H13O3P.C4H10O2.CH4.Cl2OS.ClHO3S/c1-3-17-7-11-19(12-8-17)27(21,22)25-15-5-6-16-26-28(23,24)20-13-9-18(4-2)10-14-20;19-13-15-3-7-17(8-4-15)27(21,22)25-11-1-2-12-26-28(23,24)18-9-5-16(14-20)6-10-18;8-12(10,11)7-3-1-6(5-9)2-4-7;8-5-6-1-3-7(4-2-6)12(9,10)11;8-6-7-4-2-1-3-5-7;1-4-7-9(3,6)8-5-2;5-3-1-2-4-6;;1-4(2)3;1-5(2,3)4/h3-4,7-14H,1-2,5-6,15-16H2;3-10,13-14H,1-2,11-12H2;1-5H;1-5H,(H,9,10,11);1-6H;4-5H2,1-3H3;5-6H,1-4H2;1H4;;(H,2,3,4). The number of carbonyl (C=O) groups excluding carboxylic acids is 5. The third-order valence-corrected chi connectivity index (χ3v) is 21.3. The average molecular weight is 1840 g/mol. The number of carbonyl (C=O) groups is 5. The van der Waals surface area contributed by atoms with E-state index in [0.717, 1.165) is 35.8 Å². The smallest absolute Gasteiger partial charge is 0.353 e. The van der Waals surface area contributed by atoms with E-state index in [4.69, 9.17) is 68.4 Å². The molecule has 4 N–H and O–H groups in total. The Morgan fingerprint density at radius 3 is 0.761 bits per heavy atom. The summed E-state index contributed by atoms with van der Waals surface area (Å²) in [6, 6.07) is 42.2. The van der Waals surface area contributed by atoms with Gasteiger partial charge >= 0.3 is 16.9 Å². The monoisotopic (exact) mass is 1840 g/mol.